The third-order valence-electron chi connectivity index (χ3n) is 3.00. The molecule has 1 N–H and O–H groups in total. The summed E-state index contributed by atoms with van der Waals surface area (Å²) in [7, 11) is 0. The molecular weight excluding hydrogens is 222 g/mol. The first kappa shape index (κ1) is 12.1. The molecule has 5 heteroatoms. The van der Waals surface area contributed by atoms with Crippen molar-refractivity contribution in [2.45, 2.75) is 26.0 Å². The first-order valence-corrected chi connectivity index (χ1v) is 5.60. The third kappa shape index (κ3) is 2.87. The van der Waals surface area contributed by atoms with Crippen LogP contribution < -0.4 is 0 Å². The summed E-state index contributed by atoms with van der Waals surface area (Å²) >= 11 is 0. The van der Waals surface area contributed by atoms with E-state index in [1.807, 2.05) is 19.9 Å². The summed E-state index contributed by atoms with van der Waals surface area (Å²) in [6, 6.07) is 1.94. The van der Waals surface area contributed by atoms with Crippen molar-refractivity contribution in [2.75, 3.05) is 19.7 Å². The Balaban J connectivity index is 1.78. The molecule has 1 aromatic rings. The lowest BCUT2D eigenvalue weighted by Crippen LogP contribution is -2.61. The van der Waals surface area contributed by atoms with E-state index in [4.69, 9.17) is 14.3 Å². The lowest BCUT2D eigenvalue weighted by Gasteiger charge is -2.47. The van der Waals surface area contributed by atoms with Crippen LogP contribution in [-0.2, 0) is 16.1 Å². The zero-order valence-electron chi connectivity index (χ0n) is 10.1. The minimum Gasteiger partial charge on any atom is -0.480 e. The molecule has 2 heterocycles. The van der Waals surface area contributed by atoms with Crippen LogP contribution in [-0.4, -0.2) is 41.3 Å². The number of carboxylic acids is 1. The van der Waals surface area contributed by atoms with Crippen molar-refractivity contribution in [3.05, 3.63) is 23.7 Å². The van der Waals surface area contributed by atoms with Crippen LogP contribution in [0.25, 0.3) is 0 Å². The van der Waals surface area contributed by atoms with E-state index in [0.29, 0.717) is 0 Å². The summed E-state index contributed by atoms with van der Waals surface area (Å²) in [5.74, 6) is 0.0387. The van der Waals surface area contributed by atoms with Gasteiger partial charge in [0.25, 0.3) is 0 Å². The second kappa shape index (κ2) is 4.50. The first-order chi connectivity index (χ1) is 7.98. The van der Waals surface area contributed by atoms with E-state index in [2.05, 4.69) is 4.90 Å². The Kier molecular flexibility index (Phi) is 3.22. The largest absolute Gasteiger partial charge is 0.480 e. The van der Waals surface area contributed by atoms with Crippen LogP contribution in [0.15, 0.2) is 16.7 Å². The molecule has 0 unspecified atom stereocenters. The molecule has 0 atom stereocenters. The van der Waals surface area contributed by atoms with Crippen LogP contribution in [0.3, 0.4) is 0 Å². The van der Waals surface area contributed by atoms with Gasteiger partial charge in [0.05, 0.1) is 18.4 Å². The Morgan fingerprint density at radius 2 is 2.35 bits per heavy atom. The van der Waals surface area contributed by atoms with Gasteiger partial charge in [0.15, 0.2) is 0 Å². The van der Waals surface area contributed by atoms with Crippen LogP contribution in [0, 0.1) is 6.92 Å². The maximum absolute atomic E-state index is 10.4. The van der Waals surface area contributed by atoms with Gasteiger partial charge < -0.3 is 14.3 Å². The Bertz CT molecular complexity index is 406. The molecule has 0 aromatic carbocycles. The molecule has 1 aromatic heterocycles. The van der Waals surface area contributed by atoms with Crippen LogP contribution in [0.4, 0.5) is 0 Å². The molecule has 94 valence electrons. The van der Waals surface area contributed by atoms with E-state index >= 15 is 0 Å². The van der Waals surface area contributed by atoms with Crippen molar-refractivity contribution >= 4 is 5.97 Å². The number of hydrogen-bond donors (Lipinski definition) is 1. The second-order valence-corrected chi connectivity index (χ2v) is 4.80. The molecule has 17 heavy (non-hydrogen) atoms. The number of ether oxygens (including phenoxy) is 1. The molecule has 0 amide bonds. The Morgan fingerprint density at radius 1 is 1.65 bits per heavy atom. The van der Waals surface area contributed by atoms with Gasteiger partial charge in [0.2, 0.25) is 0 Å². The Hall–Kier alpha value is -1.33. The van der Waals surface area contributed by atoms with Gasteiger partial charge in [0.1, 0.15) is 12.4 Å². The fraction of sp³-hybridized carbons (Fsp3) is 0.583. The monoisotopic (exact) mass is 239 g/mol. The summed E-state index contributed by atoms with van der Waals surface area (Å²) in [4.78, 5) is 12.6. The smallest absolute Gasteiger partial charge is 0.329 e. The molecule has 0 bridgehead atoms. The van der Waals surface area contributed by atoms with E-state index < -0.39 is 5.97 Å². The van der Waals surface area contributed by atoms with Crippen LogP contribution in [0.2, 0.25) is 0 Å². The summed E-state index contributed by atoms with van der Waals surface area (Å²) in [5, 5.41) is 8.55. The second-order valence-electron chi connectivity index (χ2n) is 4.80. The average molecular weight is 239 g/mol. The van der Waals surface area contributed by atoms with Gasteiger partial charge in [-0.05, 0) is 25.5 Å². The minimum atomic E-state index is -0.924. The average Bonchev–Trinajstić information content (AvgIpc) is 2.59. The normalized spacial score (nSPS) is 18.9. The van der Waals surface area contributed by atoms with Gasteiger partial charge in [-0.15, -0.1) is 0 Å². The van der Waals surface area contributed by atoms with Crippen LogP contribution >= 0.6 is 0 Å². The fourth-order valence-electron chi connectivity index (χ4n) is 2.11. The zero-order valence-corrected chi connectivity index (χ0v) is 10.1. The van der Waals surface area contributed by atoms with Crippen molar-refractivity contribution in [1.29, 1.82) is 0 Å². The highest BCUT2D eigenvalue weighted by molar-refractivity contribution is 5.68. The number of likely N-dealkylation sites (tertiary alicyclic amines) is 1. The van der Waals surface area contributed by atoms with E-state index in [1.54, 1.807) is 6.26 Å². The predicted molar refractivity (Wildman–Crippen MR) is 60.7 cm³/mol. The molecule has 1 fully saturated rings. The summed E-state index contributed by atoms with van der Waals surface area (Å²) in [5.41, 5.74) is 0.809. The minimum absolute atomic E-state index is 0.232. The van der Waals surface area contributed by atoms with Crippen molar-refractivity contribution in [1.82, 2.24) is 4.90 Å². The zero-order chi connectivity index (χ0) is 12.5. The first-order valence-electron chi connectivity index (χ1n) is 5.60. The van der Waals surface area contributed by atoms with Crippen molar-refractivity contribution in [3.63, 3.8) is 0 Å². The van der Waals surface area contributed by atoms with Gasteiger partial charge >= 0.3 is 5.97 Å². The molecule has 1 aliphatic heterocycles. The number of hydrogen-bond acceptors (Lipinski definition) is 4. The van der Waals surface area contributed by atoms with Crippen molar-refractivity contribution in [2.24, 2.45) is 0 Å². The number of nitrogens with zero attached hydrogens (tertiary/aromatic N) is 1. The summed E-state index contributed by atoms with van der Waals surface area (Å²) in [6.45, 7) is 5.94. The van der Waals surface area contributed by atoms with Gasteiger partial charge in [0, 0.05) is 13.1 Å². The highest BCUT2D eigenvalue weighted by Crippen LogP contribution is 2.27. The SMILES string of the molecule is Cc1ccoc1CN1CC(C)(OCC(=O)O)C1. The van der Waals surface area contributed by atoms with E-state index in [9.17, 15) is 4.79 Å². The number of aliphatic carboxylic acids is 1. The topological polar surface area (TPSA) is 62.9 Å². The predicted octanol–water partition coefficient (Wildman–Crippen LogP) is 1.26. The molecule has 2 rings (SSSR count). The van der Waals surface area contributed by atoms with Gasteiger partial charge in [-0.25, -0.2) is 4.79 Å². The highest BCUT2D eigenvalue weighted by Gasteiger charge is 2.40. The molecule has 1 aliphatic rings. The van der Waals surface area contributed by atoms with Crippen molar-refractivity contribution < 1.29 is 19.1 Å². The van der Waals surface area contributed by atoms with Gasteiger partial charge in [-0.3, -0.25) is 4.90 Å². The maximum atomic E-state index is 10.4. The lowest BCUT2D eigenvalue weighted by atomic mass is 9.96. The molecule has 1 saturated heterocycles. The Labute approximate surface area is 100.0 Å². The fourth-order valence-corrected chi connectivity index (χ4v) is 2.11. The molecule has 5 nitrogen and oxygen atoms in total. The van der Waals surface area contributed by atoms with Crippen LogP contribution in [0.1, 0.15) is 18.2 Å². The van der Waals surface area contributed by atoms with E-state index in [1.165, 1.54) is 0 Å². The van der Waals surface area contributed by atoms with E-state index in [-0.39, 0.29) is 12.2 Å². The maximum Gasteiger partial charge on any atom is 0.329 e. The number of aryl methyl sites for hydroxylation is 1. The molecule has 0 saturated carbocycles. The standard InChI is InChI=1S/C12H17NO4/c1-9-3-4-16-10(9)5-13-7-12(2,8-13)17-6-11(14)15/h3-4H,5-8H2,1-2H3,(H,14,15). The number of furan rings is 1. The van der Waals surface area contributed by atoms with Crippen LogP contribution in [0.5, 0.6) is 0 Å². The third-order valence-corrected chi connectivity index (χ3v) is 3.00. The quantitative estimate of drug-likeness (QED) is 0.838. The van der Waals surface area contributed by atoms with Gasteiger partial charge in [-0.2, -0.15) is 0 Å². The molecule has 0 spiro atoms. The Morgan fingerprint density at radius 3 is 2.88 bits per heavy atom. The molecule has 0 radical (unpaired) electrons. The highest BCUT2D eigenvalue weighted by atomic mass is 16.5. The van der Waals surface area contributed by atoms with E-state index in [0.717, 1.165) is 31.0 Å². The molecular formula is C12H17NO4. The summed E-state index contributed by atoms with van der Waals surface area (Å²) in [6.07, 6.45) is 1.69. The summed E-state index contributed by atoms with van der Waals surface area (Å²) < 4.78 is 10.7. The van der Waals surface area contributed by atoms with Gasteiger partial charge in [-0.1, -0.05) is 0 Å². The number of carbonyl (C=O) groups is 1. The molecule has 0 aliphatic carbocycles. The number of rotatable bonds is 5. The number of carboxylic acid groups (broad SMARTS) is 1. The van der Waals surface area contributed by atoms with Crippen molar-refractivity contribution in [3.8, 4) is 0 Å². The lowest BCUT2D eigenvalue weighted by molar-refractivity contribution is -0.166.